The number of benzene rings is 2. The van der Waals surface area contributed by atoms with Gasteiger partial charge in [-0.3, -0.25) is 9.59 Å². The van der Waals surface area contributed by atoms with Crippen LogP contribution in [0.3, 0.4) is 0 Å². The van der Waals surface area contributed by atoms with Crippen molar-refractivity contribution in [2.45, 2.75) is 45.5 Å². The number of hydrogen-bond acceptors (Lipinski definition) is 3. The molecule has 0 saturated carbocycles. The standard InChI is InChI=1S/C22H22BrF4NO3/c1-21(2,3)31-19(29)11-14-10-15(23)6-7-16(14)20(30)28(4)12-13-5-8-17(18(24)9-13)22(25,26)27/h5-10H,11-12H2,1-4H3. The van der Waals surface area contributed by atoms with Crippen molar-refractivity contribution < 1.29 is 31.9 Å². The van der Waals surface area contributed by atoms with E-state index in [9.17, 15) is 27.2 Å². The molecule has 0 aliphatic heterocycles. The summed E-state index contributed by atoms with van der Waals surface area (Å²) in [5.41, 5.74) is -1.18. The third kappa shape index (κ3) is 7.05. The number of nitrogens with zero attached hydrogens (tertiary/aromatic N) is 1. The number of carbonyl (C=O) groups excluding carboxylic acids is 2. The highest BCUT2D eigenvalue weighted by Crippen LogP contribution is 2.31. The largest absolute Gasteiger partial charge is 0.460 e. The summed E-state index contributed by atoms with van der Waals surface area (Å²) in [5, 5.41) is 0. The Balaban J connectivity index is 2.22. The Morgan fingerprint density at radius 3 is 2.26 bits per heavy atom. The molecule has 0 radical (unpaired) electrons. The first-order valence-electron chi connectivity index (χ1n) is 9.29. The van der Waals surface area contributed by atoms with E-state index in [1.807, 2.05) is 0 Å². The van der Waals surface area contributed by atoms with Crippen LogP contribution in [0.2, 0.25) is 0 Å². The fraction of sp³-hybridized carbons (Fsp3) is 0.364. The molecular weight excluding hydrogens is 482 g/mol. The van der Waals surface area contributed by atoms with Gasteiger partial charge in [-0.1, -0.05) is 22.0 Å². The first-order valence-corrected chi connectivity index (χ1v) is 10.1. The Kier molecular flexibility index (Phi) is 7.52. The van der Waals surface area contributed by atoms with E-state index in [1.54, 1.807) is 32.9 Å². The van der Waals surface area contributed by atoms with Crippen molar-refractivity contribution in [3.63, 3.8) is 0 Å². The molecule has 0 saturated heterocycles. The second-order valence-electron chi connectivity index (χ2n) is 8.04. The molecule has 2 rings (SSSR count). The van der Waals surface area contributed by atoms with Crippen molar-refractivity contribution in [2.24, 2.45) is 0 Å². The number of esters is 1. The molecule has 0 unspecified atom stereocenters. The molecule has 168 valence electrons. The van der Waals surface area contributed by atoms with Gasteiger partial charge in [-0.05, 0) is 62.2 Å². The first-order chi connectivity index (χ1) is 14.2. The van der Waals surface area contributed by atoms with Gasteiger partial charge >= 0.3 is 12.1 Å². The van der Waals surface area contributed by atoms with E-state index in [4.69, 9.17) is 4.74 Å². The van der Waals surface area contributed by atoms with Crippen LogP contribution >= 0.6 is 15.9 Å². The molecule has 0 bridgehead atoms. The molecule has 0 atom stereocenters. The van der Waals surface area contributed by atoms with Crippen LogP contribution in [0.15, 0.2) is 40.9 Å². The Bertz CT molecular complexity index is 984. The molecule has 31 heavy (non-hydrogen) atoms. The summed E-state index contributed by atoms with van der Waals surface area (Å²) in [7, 11) is 1.44. The zero-order valence-electron chi connectivity index (χ0n) is 17.4. The van der Waals surface area contributed by atoms with Gasteiger partial charge in [0, 0.05) is 23.6 Å². The number of ether oxygens (including phenoxy) is 1. The Labute approximate surface area is 186 Å². The van der Waals surface area contributed by atoms with E-state index < -0.39 is 35.0 Å². The van der Waals surface area contributed by atoms with E-state index in [1.165, 1.54) is 18.0 Å². The average Bonchev–Trinajstić information content (AvgIpc) is 2.58. The summed E-state index contributed by atoms with van der Waals surface area (Å²) in [4.78, 5) is 26.4. The van der Waals surface area contributed by atoms with Crippen molar-refractivity contribution in [2.75, 3.05) is 7.05 Å². The molecule has 0 aliphatic carbocycles. The predicted octanol–water partition coefficient (Wildman–Crippen LogP) is 5.76. The topological polar surface area (TPSA) is 46.6 Å². The highest BCUT2D eigenvalue weighted by Gasteiger charge is 2.34. The Hall–Kier alpha value is -2.42. The highest BCUT2D eigenvalue weighted by molar-refractivity contribution is 9.10. The smallest absolute Gasteiger partial charge is 0.419 e. The number of amides is 1. The summed E-state index contributed by atoms with van der Waals surface area (Å²) < 4.78 is 58.0. The monoisotopic (exact) mass is 503 g/mol. The molecule has 9 heteroatoms. The minimum Gasteiger partial charge on any atom is -0.460 e. The summed E-state index contributed by atoms with van der Waals surface area (Å²) >= 11 is 3.31. The summed E-state index contributed by atoms with van der Waals surface area (Å²) in [6.07, 6.45) is -4.93. The number of carbonyl (C=O) groups is 2. The molecule has 0 spiro atoms. The molecule has 0 fully saturated rings. The fourth-order valence-corrected chi connectivity index (χ4v) is 3.30. The Morgan fingerprint density at radius 1 is 1.06 bits per heavy atom. The van der Waals surface area contributed by atoms with E-state index in [0.717, 1.165) is 12.1 Å². The third-order valence-corrected chi connectivity index (χ3v) is 4.65. The van der Waals surface area contributed by atoms with E-state index in [0.29, 0.717) is 16.1 Å². The second kappa shape index (κ2) is 9.38. The molecule has 2 aromatic rings. The SMILES string of the molecule is CN(Cc1ccc(C(F)(F)F)c(F)c1)C(=O)c1ccc(Br)cc1CC(=O)OC(C)(C)C. The third-order valence-electron chi connectivity index (χ3n) is 4.16. The van der Waals surface area contributed by atoms with Crippen LogP contribution in [-0.4, -0.2) is 29.4 Å². The van der Waals surface area contributed by atoms with Crippen LogP contribution in [0, 0.1) is 5.82 Å². The van der Waals surface area contributed by atoms with Gasteiger partial charge in [0.1, 0.15) is 11.4 Å². The van der Waals surface area contributed by atoms with Crippen molar-refractivity contribution in [1.29, 1.82) is 0 Å². The normalized spacial score (nSPS) is 11.9. The van der Waals surface area contributed by atoms with Gasteiger partial charge in [-0.2, -0.15) is 13.2 Å². The molecule has 0 aliphatic rings. The van der Waals surface area contributed by atoms with Gasteiger partial charge in [-0.25, -0.2) is 4.39 Å². The number of alkyl halides is 3. The lowest BCUT2D eigenvalue weighted by atomic mass is 10.0. The Morgan fingerprint density at radius 2 is 1.71 bits per heavy atom. The van der Waals surface area contributed by atoms with E-state index in [-0.39, 0.29) is 24.1 Å². The number of hydrogen-bond donors (Lipinski definition) is 0. The van der Waals surface area contributed by atoms with Gasteiger partial charge < -0.3 is 9.64 Å². The first kappa shape index (κ1) is 24.8. The minimum absolute atomic E-state index is 0.115. The lowest BCUT2D eigenvalue weighted by Gasteiger charge is -2.22. The lowest BCUT2D eigenvalue weighted by Crippen LogP contribution is -2.29. The fourth-order valence-electron chi connectivity index (χ4n) is 2.89. The number of halogens is 5. The molecule has 2 aromatic carbocycles. The van der Waals surface area contributed by atoms with E-state index >= 15 is 0 Å². The lowest BCUT2D eigenvalue weighted by molar-refractivity contribution is -0.154. The van der Waals surface area contributed by atoms with Crippen LogP contribution in [0.5, 0.6) is 0 Å². The summed E-state index contributed by atoms with van der Waals surface area (Å²) in [6.45, 7) is 5.08. The van der Waals surface area contributed by atoms with Crippen molar-refractivity contribution in [1.82, 2.24) is 4.90 Å². The molecule has 0 heterocycles. The zero-order valence-corrected chi connectivity index (χ0v) is 19.0. The van der Waals surface area contributed by atoms with Crippen molar-refractivity contribution in [3.8, 4) is 0 Å². The van der Waals surface area contributed by atoms with Gasteiger partial charge in [0.15, 0.2) is 0 Å². The second-order valence-corrected chi connectivity index (χ2v) is 8.95. The van der Waals surface area contributed by atoms with Crippen LogP contribution in [0.1, 0.15) is 47.8 Å². The molecule has 0 aromatic heterocycles. The van der Waals surface area contributed by atoms with Crippen LogP contribution in [0.25, 0.3) is 0 Å². The minimum atomic E-state index is -4.79. The van der Waals surface area contributed by atoms with Crippen molar-refractivity contribution >= 4 is 27.8 Å². The maximum Gasteiger partial charge on any atom is 0.419 e. The molecular formula is C22H22BrF4NO3. The molecule has 0 N–H and O–H groups in total. The summed E-state index contributed by atoms with van der Waals surface area (Å²) in [5.74, 6) is -2.38. The van der Waals surface area contributed by atoms with Gasteiger partial charge in [-0.15, -0.1) is 0 Å². The quantitative estimate of drug-likeness (QED) is 0.384. The zero-order chi connectivity index (χ0) is 23.6. The molecule has 4 nitrogen and oxygen atoms in total. The van der Waals surface area contributed by atoms with Gasteiger partial charge in [0.25, 0.3) is 5.91 Å². The van der Waals surface area contributed by atoms with Crippen LogP contribution < -0.4 is 0 Å². The maximum atomic E-state index is 13.8. The number of rotatable bonds is 5. The van der Waals surface area contributed by atoms with Crippen molar-refractivity contribution in [3.05, 3.63) is 68.9 Å². The maximum absolute atomic E-state index is 13.8. The van der Waals surface area contributed by atoms with Gasteiger partial charge in [0.2, 0.25) is 0 Å². The average molecular weight is 504 g/mol. The highest BCUT2D eigenvalue weighted by atomic mass is 79.9. The molecule has 1 amide bonds. The van der Waals surface area contributed by atoms with Gasteiger partial charge in [0.05, 0.1) is 12.0 Å². The summed E-state index contributed by atoms with van der Waals surface area (Å²) in [6, 6.07) is 7.33. The van der Waals surface area contributed by atoms with Crippen LogP contribution in [0.4, 0.5) is 17.6 Å². The predicted molar refractivity (Wildman–Crippen MR) is 111 cm³/mol. The van der Waals surface area contributed by atoms with E-state index in [2.05, 4.69) is 15.9 Å². The van der Waals surface area contributed by atoms with Crippen LogP contribution in [-0.2, 0) is 28.7 Å².